The number of nitrogens with zero attached hydrogens (tertiary/aromatic N) is 1. The zero-order chi connectivity index (χ0) is 17.8. The number of rotatable bonds is 5. The zero-order valence-electron chi connectivity index (χ0n) is 14.5. The highest BCUT2D eigenvalue weighted by Crippen LogP contribution is 2.26. The minimum absolute atomic E-state index is 0.0257. The Balaban J connectivity index is 1.60. The summed E-state index contributed by atoms with van der Waals surface area (Å²) in [6, 6.07) is 9.39. The molecule has 0 unspecified atom stereocenters. The topological polar surface area (TPSA) is 86.5 Å². The van der Waals surface area contributed by atoms with Gasteiger partial charge in [-0.3, -0.25) is 4.79 Å². The molecule has 132 valence electrons. The van der Waals surface area contributed by atoms with E-state index >= 15 is 0 Å². The smallest absolute Gasteiger partial charge is 0.253 e. The lowest BCUT2D eigenvalue weighted by molar-refractivity contribution is -0.126. The van der Waals surface area contributed by atoms with Gasteiger partial charge in [-0.1, -0.05) is 12.1 Å². The summed E-state index contributed by atoms with van der Waals surface area (Å²) in [5.41, 5.74) is 8.42. The Labute approximate surface area is 147 Å². The Morgan fingerprint density at radius 1 is 1.32 bits per heavy atom. The first-order valence-corrected chi connectivity index (χ1v) is 8.43. The second-order valence-electron chi connectivity index (χ2n) is 6.23. The largest absolute Gasteiger partial charge is 0.439 e. The molecule has 2 aromatic rings. The van der Waals surface area contributed by atoms with Crippen LogP contribution in [0.15, 0.2) is 36.5 Å². The Hall–Kier alpha value is -2.44. The van der Waals surface area contributed by atoms with Crippen molar-refractivity contribution in [1.82, 2.24) is 4.98 Å². The van der Waals surface area contributed by atoms with Gasteiger partial charge in [-0.05, 0) is 49.9 Å². The molecular formula is C19H23N3O3. The summed E-state index contributed by atoms with van der Waals surface area (Å²) in [5.74, 6) is 1.09. The Morgan fingerprint density at radius 2 is 2.16 bits per heavy atom. The van der Waals surface area contributed by atoms with E-state index in [4.69, 9.17) is 15.2 Å². The summed E-state index contributed by atoms with van der Waals surface area (Å²) in [5, 5.41) is 2.82. The van der Waals surface area contributed by atoms with Crippen molar-refractivity contribution in [1.29, 1.82) is 0 Å². The van der Waals surface area contributed by atoms with E-state index in [1.54, 1.807) is 18.3 Å². The SMILES string of the molecule is Cc1cccc(Oc2ccc(NC(=O)[C@@H]3CC[C@H](CN)O3)cn2)c1C. The molecule has 6 heteroatoms. The van der Waals surface area contributed by atoms with E-state index in [0.29, 0.717) is 24.5 Å². The average Bonchev–Trinajstić information content (AvgIpc) is 3.10. The molecule has 1 aliphatic heterocycles. The number of nitrogens with one attached hydrogen (secondary N) is 1. The predicted octanol–water partition coefficient (Wildman–Crippen LogP) is 2.94. The summed E-state index contributed by atoms with van der Waals surface area (Å²) in [6.07, 6.45) is 2.61. The Bertz CT molecular complexity index is 746. The minimum Gasteiger partial charge on any atom is -0.439 e. The van der Waals surface area contributed by atoms with E-state index in [0.717, 1.165) is 23.3 Å². The minimum atomic E-state index is -0.445. The number of hydrogen-bond donors (Lipinski definition) is 2. The number of nitrogens with two attached hydrogens (primary N) is 1. The number of ether oxygens (including phenoxy) is 2. The van der Waals surface area contributed by atoms with Crippen LogP contribution in [0, 0.1) is 13.8 Å². The van der Waals surface area contributed by atoms with Crippen LogP contribution in [-0.4, -0.2) is 29.6 Å². The van der Waals surface area contributed by atoms with E-state index in [9.17, 15) is 4.79 Å². The van der Waals surface area contributed by atoms with Gasteiger partial charge in [0.1, 0.15) is 11.9 Å². The number of pyridine rings is 1. The molecule has 0 saturated carbocycles. The number of hydrogen-bond acceptors (Lipinski definition) is 5. The quantitative estimate of drug-likeness (QED) is 0.873. The van der Waals surface area contributed by atoms with Crippen molar-refractivity contribution < 1.29 is 14.3 Å². The molecule has 2 heterocycles. The first kappa shape index (κ1) is 17.4. The van der Waals surface area contributed by atoms with Crippen molar-refractivity contribution in [2.24, 2.45) is 5.73 Å². The number of aromatic nitrogens is 1. The van der Waals surface area contributed by atoms with Crippen molar-refractivity contribution in [2.45, 2.75) is 38.9 Å². The average molecular weight is 341 g/mol. The van der Waals surface area contributed by atoms with E-state index in [-0.39, 0.29) is 12.0 Å². The lowest BCUT2D eigenvalue weighted by Gasteiger charge is -2.13. The summed E-state index contributed by atoms with van der Waals surface area (Å²) in [6.45, 7) is 4.49. The standard InChI is InChI=1S/C19H23N3O3/c1-12-4-3-5-16(13(12)2)25-18-9-6-14(11-21-18)22-19(23)17-8-7-15(10-20)24-17/h3-6,9,11,15,17H,7-8,10,20H2,1-2H3,(H,22,23)/t15-,17+/m1/s1. The van der Waals surface area contributed by atoms with Crippen LogP contribution in [0.4, 0.5) is 5.69 Å². The molecular weight excluding hydrogens is 318 g/mol. The van der Waals surface area contributed by atoms with Crippen molar-refractivity contribution >= 4 is 11.6 Å². The molecule has 1 amide bonds. The molecule has 0 spiro atoms. The highest BCUT2D eigenvalue weighted by molar-refractivity contribution is 5.94. The van der Waals surface area contributed by atoms with Crippen LogP contribution in [0.1, 0.15) is 24.0 Å². The number of aryl methyl sites for hydroxylation is 1. The maximum atomic E-state index is 12.2. The Morgan fingerprint density at radius 3 is 2.84 bits per heavy atom. The van der Waals surface area contributed by atoms with Gasteiger partial charge >= 0.3 is 0 Å². The van der Waals surface area contributed by atoms with E-state index in [2.05, 4.69) is 10.3 Å². The number of anilines is 1. The van der Waals surface area contributed by atoms with Crippen LogP contribution < -0.4 is 15.8 Å². The van der Waals surface area contributed by atoms with E-state index in [1.165, 1.54) is 0 Å². The molecule has 3 N–H and O–H groups in total. The van der Waals surface area contributed by atoms with Crippen molar-refractivity contribution in [3.8, 4) is 11.6 Å². The fourth-order valence-corrected chi connectivity index (χ4v) is 2.76. The Kier molecular flexibility index (Phi) is 5.31. The van der Waals surface area contributed by atoms with Crippen LogP contribution in [0.2, 0.25) is 0 Å². The molecule has 6 nitrogen and oxygen atoms in total. The first-order chi connectivity index (χ1) is 12.1. The van der Waals surface area contributed by atoms with Crippen molar-refractivity contribution in [3.63, 3.8) is 0 Å². The summed E-state index contributed by atoms with van der Waals surface area (Å²) < 4.78 is 11.4. The second-order valence-corrected chi connectivity index (χ2v) is 6.23. The van der Waals surface area contributed by atoms with E-state index < -0.39 is 6.10 Å². The number of amides is 1. The molecule has 3 rings (SSSR count). The molecule has 25 heavy (non-hydrogen) atoms. The van der Waals surface area contributed by atoms with Crippen LogP contribution in [0.5, 0.6) is 11.6 Å². The fourth-order valence-electron chi connectivity index (χ4n) is 2.76. The van der Waals surface area contributed by atoms with Crippen LogP contribution in [0.3, 0.4) is 0 Å². The molecule has 0 bridgehead atoms. The van der Waals surface area contributed by atoms with Crippen molar-refractivity contribution in [2.75, 3.05) is 11.9 Å². The molecule has 1 aromatic heterocycles. The van der Waals surface area contributed by atoms with Gasteiger partial charge in [-0.15, -0.1) is 0 Å². The summed E-state index contributed by atoms with van der Waals surface area (Å²) in [7, 11) is 0. The normalized spacial score (nSPS) is 19.6. The number of carbonyl (C=O) groups is 1. The maximum absolute atomic E-state index is 12.2. The lowest BCUT2D eigenvalue weighted by Crippen LogP contribution is -2.29. The van der Waals surface area contributed by atoms with Gasteiger partial charge in [-0.2, -0.15) is 0 Å². The van der Waals surface area contributed by atoms with Crippen LogP contribution >= 0.6 is 0 Å². The lowest BCUT2D eigenvalue weighted by atomic mass is 10.1. The monoisotopic (exact) mass is 341 g/mol. The second kappa shape index (κ2) is 7.63. The summed E-state index contributed by atoms with van der Waals surface area (Å²) in [4.78, 5) is 16.5. The third-order valence-electron chi connectivity index (χ3n) is 4.44. The molecule has 0 radical (unpaired) electrons. The highest BCUT2D eigenvalue weighted by atomic mass is 16.5. The third kappa shape index (κ3) is 4.15. The van der Waals surface area contributed by atoms with Crippen LogP contribution in [-0.2, 0) is 9.53 Å². The van der Waals surface area contributed by atoms with Crippen LogP contribution in [0.25, 0.3) is 0 Å². The van der Waals surface area contributed by atoms with Crippen molar-refractivity contribution in [3.05, 3.63) is 47.7 Å². The molecule has 0 aliphatic carbocycles. The molecule has 1 aromatic carbocycles. The predicted molar refractivity (Wildman–Crippen MR) is 95.8 cm³/mol. The first-order valence-electron chi connectivity index (χ1n) is 8.43. The summed E-state index contributed by atoms with van der Waals surface area (Å²) >= 11 is 0. The van der Waals surface area contributed by atoms with Gasteiger partial charge in [-0.25, -0.2) is 4.98 Å². The maximum Gasteiger partial charge on any atom is 0.253 e. The molecule has 1 saturated heterocycles. The van der Waals surface area contributed by atoms with Gasteiger partial charge in [0.25, 0.3) is 5.91 Å². The molecule has 1 fully saturated rings. The van der Waals surface area contributed by atoms with Gasteiger partial charge in [0.15, 0.2) is 0 Å². The van der Waals surface area contributed by atoms with E-state index in [1.807, 2.05) is 32.0 Å². The van der Waals surface area contributed by atoms with Gasteiger partial charge in [0.2, 0.25) is 5.88 Å². The van der Waals surface area contributed by atoms with Gasteiger partial charge < -0.3 is 20.5 Å². The number of benzene rings is 1. The molecule has 1 aliphatic rings. The highest BCUT2D eigenvalue weighted by Gasteiger charge is 2.29. The van der Waals surface area contributed by atoms with Gasteiger partial charge in [0.05, 0.1) is 18.0 Å². The van der Waals surface area contributed by atoms with Gasteiger partial charge in [0, 0.05) is 12.6 Å². The third-order valence-corrected chi connectivity index (χ3v) is 4.44. The number of carbonyl (C=O) groups excluding carboxylic acids is 1. The zero-order valence-corrected chi connectivity index (χ0v) is 14.5. The fraction of sp³-hybridized carbons (Fsp3) is 0.368. The molecule has 2 atom stereocenters.